The normalized spacial score (nSPS) is 10.1. The Kier molecular flexibility index (Phi) is 4.74. The Balaban J connectivity index is 1.94. The van der Waals surface area contributed by atoms with Crippen LogP contribution in [0.5, 0.6) is 0 Å². The molecule has 2 N–H and O–H groups in total. The number of hydrogen-bond acceptors (Lipinski definition) is 5. The maximum Gasteiger partial charge on any atom is 0.269 e. The lowest BCUT2D eigenvalue weighted by molar-refractivity contribution is 0.0977. The summed E-state index contributed by atoms with van der Waals surface area (Å²) in [6.07, 6.45) is 0. The van der Waals surface area contributed by atoms with E-state index in [0.717, 1.165) is 4.47 Å². The van der Waals surface area contributed by atoms with Gasteiger partial charge in [-0.1, -0.05) is 21.0 Å². The topological polar surface area (TPSA) is 84.7 Å². The van der Waals surface area contributed by atoms with Gasteiger partial charge in [0.05, 0.1) is 6.54 Å². The average molecular weight is 355 g/mol. The minimum absolute atomic E-state index is 0.119. The molecule has 2 aromatic rings. The van der Waals surface area contributed by atoms with Crippen molar-refractivity contribution in [2.45, 2.75) is 13.5 Å². The van der Waals surface area contributed by atoms with Gasteiger partial charge in [0.2, 0.25) is 0 Å². The van der Waals surface area contributed by atoms with Crippen LogP contribution in [0, 0.1) is 0 Å². The van der Waals surface area contributed by atoms with Gasteiger partial charge < -0.3 is 0 Å². The molecule has 0 aliphatic carbocycles. The quantitative estimate of drug-likeness (QED) is 0.814. The van der Waals surface area contributed by atoms with Gasteiger partial charge in [-0.05, 0) is 48.6 Å². The summed E-state index contributed by atoms with van der Waals surface area (Å²) in [6.45, 7) is 2.49. The zero-order valence-corrected chi connectivity index (χ0v) is 12.9. The molecule has 0 bridgehead atoms. The monoisotopic (exact) mass is 354 g/mol. The number of nitrogens with zero attached hydrogens (tertiary/aromatic N) is 4. The standard InChI is InChI=1S/C11H11BrN6OS/c1-2-18-16-10(15-17-18)14-11(20)13-9(19)7-3-5-8(12)6-4-7/h3-6H,2H2,1H3,(H2,13,14,16,19,20). The van der Waals surface area contributed by atoms with Gasteiger partial charge in [0, 0.05) is 10.0 Å². The highest BCUT2D eigenvalue weighted by molar-refractivity contribution is 9.10. The number of carbonyl (C=O) groups excluding carboxylic acids is 1. The number of rotatable bonds is 3. The molecule has 2 rings (SSSR count). The second-order valence-electron chi connectivity index (χ2n) is 3.72. The van der Waals surface area contributed by atoms with Crippen LogP contribution in [0.15, 0.2) is 28.7 Å². The molecule has 0 saturated heterocycles. The predicted octanol–water partition coefficient (Wildman–Crippen LogP) is 1.58. The molecular formula is C11H11BrN6OS. The molecule has 0 saturated carbocycles. The highest BCUT2D eigenvalue weighted by Gasteiger charge is 2.09. The van der Waals surface area contributed by atoms with Crippen molar-refractivity contribution in [1.82, 2.24) is 25.5 Å². The second kappa shape index (κ2) is 6.53. The highest BCUT2D eigenvalue weighted by atomic mass is 79.9. The molecule has 1 heterocycles. The molecule has 0 fully saturated rings. The lowest BCUT2D eigenvalue weighted by atomic mass is 10.2. The smallest absolute Gasteiger partial charge is 0.269 e. The van der Waals surface area contributed by atoms with E-state index in [1.54, 1.807) is 24.3 Å². The summed E-state index contributed by atoms with van der Waals surface area (Å²) >= 11 is 8.32. The molecule has 0 unspecified atom stereocenters. The van der Waals surface area contributed by atoms with Crippen LogP contribution < -0.4 is 10.6 Å². The van der Waals surface area contributed by atoms with Crippen molar-refractivity contribution in [3.8, 4) is 0 Å². The van der Waals surface area contributed by atoms with Gasteiger partial charge in [0.25, 0.3) is 11.9 Å². The van der Waals surface area contributed by atoms with Gasteiger partial charge in [0.15, 0.2) is 5.11 Å². The molecule has 0 aliphatic rings. The summed E-state index contributed by atoms with van der Waals surface area (Å²) < 4.78 is 0.898. The number of halogens is 1. The average Bonchev–Trinajstić information content (AvgIpc) is 2.86. The third kappa shape index (κ3) is 3.81. The van der Waals surface area contributed by atoms with E-state index in [0.29, 0.717) is 12.1 Å². The number of amides is 1. The lowest BCUT2D eigenvalue weighted by Gasteiger charge is -2.06. The predicted molar refractivity (Wildman–Crippen MR) is 81.3 cm³/mol. The molecule has 1 aromatic carbocycles. The summed E-state index contributed by atoms with van der Waals surface area (Å²) in [5, 5.41) is 16.9. The van der Waals surface area contributed by atoms with Gasteiger partial charge in [0.1, 0.15) is 0 Å². The van der Waals surface area contributed by atoms with E-state index < -0.39 is 0 Å². The van der Waals surface area contributed by atoms with Crippen LogP contribution in [0.3, 0.4) is 0 Å². The first-order valence-electron chi connectivity index (χ1n) is 5.74. The number of carbonyl (C=O) groups is 1. The number of nitrogens with one attached hydrogen (secondary N) is 2. The van der Waals surface area contributed by atoms with Gasteiger partial charge in [-0.2, -0.15) is 4.80 Å². The van der Waals surface area contributed by atoms with Crippen molar-refractivity contribution >= 4 is 45.1 Å². The fraction of sp³-hybridized carbons (Fsp3) is 0.182. The van der Waals surface area contributed by atoms with E-state index >= 15 is 0 Å². The van der Waals surface area contributed by atoms with Crippen LogP contribution in [-0.4, -0.2) is 31.2 Å². The van der Waals surface area contributed by atoms with E-state index in [-0.39, 0.29) is 17.0 Å². The summed E-state index contributed by atoms with van der Waals surface area (Å²) in [4.78, 5) is 13.3. The maximum absolute atomic E-state index is 11.9. The van der Waals surface area contributed by atoms with Crippen molar-refractivity contribution in [2.75, 3.05) is 5.32 Å². The minimum Gasteiger partial charge on any atom is -0.299 e. The summed E-state index contributed by atoms with van der Waals surface area (Å²) in [7, 11) is 0. The molecule has 1 aromatic heterocycles. The molecule has 0 spiro atoms. The van der Waals surface area contributed by atoms with Crippen LogP contribution in [0.1, 0.15) is 17.3 Å². The Hall–Kier alpha value is -1.87. The number of thiocarbonyl (C=S) groups is 1. The SMILES string of the molecule is CCn1nnc(NC(=S)NC(=O)c2ccc(Br)cc2)n1. The first-order valence-corrected chi connectivity index (χ1v) is 6.94. The van der Waals surface area contributed by atoms with Crippen molar-refractivity contribution in [1.29, 1.82) is 0 Å². The molecule has 7 nitrogen and oxygen atoms in total. The van der Waals surface area contributed by atoms with Crippen LogP contribution in [0.2, 0.25) is 0 Å². The Bertz CT molecular complexity index is 626. The van der Waals surface area contributed by atoms with Crippen LogP contribution in [0.25, 0.3) is 0 Å². The fourth-order valence-corrected chi connectivity index (χ4v) is 1.78. The van der Waals surface area contributed by atoms with E-state index in [4.69, 9.17) is 12.2 Å². The summed E-state index contributed by atoms with van der Waals surface area (Å²) in [5.41, 5.74) is 0.502. The molecule has 104 valence electrons. The molecule has 1 amide bonds. The van der Waals surface area contributed by atoms with Crippen molar-refractivity contribution < 1.29 is 4.79 Å². The van der Waals surface area contributed by atoms with Gasteiger partial charge in [-0.25, -0.2) is 0 Å². The number of anilines is 1. The highest BCUT2D eigenvalue weighted by Crippen LogP contribution is 2.10. The summed E-state index contributed by atoms with van der Waals surface area (Å²) in [6, 6.07) is 6.93. The third-order valence-corrected chi connectivity index (χ3v) is 3.03. The van der Waals surface area contributed by atoms with E-state index in [1.807, 2.05) is 6.92 Å². The maximum atomic E-state index is 11.9. The van der Waals surface area contributed by atoms with E-state index in [9.17, 15) is 4.79 Å². The Morgan fingerprint density at radius 3 is 2.70 bits per heavy atom. The Labute approximate surface area is 128 Å². The number of tetrazole rings is 1. The van der Waals surface area contributed by atoms with Crippen LogP contribution in [0.4, 0.5) is 5.95 Å². The van der Waals surface area contributed by atoms with Crippen LogP contribution in [-0.2, 0) is 6.54 Å². The van der Waals surface area contributed by atoms with Gasteiger partial charge >= 0.3 is 0 Å². The largest absolute Gasteiger partial charge is 0.299 e. The second-order valence-corrected chi connectivity index (χ2v) is 5.04. The number of hydrogen-bond donors (Lipinski definition) is 2. The first-order chi connectivity index (χ1) is 9.58. The first kappa shape index (κ1) is 14.5. The zero-order chi connectivity index (χ0) is 14.5. The van der Waals surface area contributed by atoms with Crippen molar-refractivity contribution in [2.24, 2.45) is 0 Å². The van der Waals surface area contributed by atoms with Gasteiger partial charge in [-0.3, -0.25) is 15.4 Å². The molecule has 20 heavy (non-hydrogen) atoms. The number of aromatic nitrogens is 4. The van der Waals surface area contributed by atoms with Gasteiger partial charge in [-0.15, -0.1) is 5.10 Å². The lowest BCUT2D eigenvalue weighted by Crippen LogP contribution is -2.34. The summed E-state index contributed by atoms with van der Waals surface area (Å²) in [5.74, 6) is -0.0640. The van der Waals surface area contributed by atoms with Crippen LogP contribution >= 0.6 is 28.1 Å². The van der Waals surface area contributed by atoms with Crippen molar-refractivity contribution in [3.63, 3.8) is 0 Å². The van der Waals surface area contributed by atoms with Crippen molar-refractivity contribution in [3.05, 3.63) is 34.3 Å². The number of aryl methyl sites for hydroxylation is 1. The molecule has 0 aliphatic heterocycles. The fourth-order valence-electron chi connectivity index (χ4n) is 1.34. The Morgan fingerprint density at radius 2 is 2.10 bits per heavy atom. The Morgan fingerprint density at radius 1 is 1.40 bits per heavy atom. The van der Waals surface area contributed by atoms with E-state index in [1.165, 1.54) is 4.80 Å². The number of benzene rings is 1. The van der Waals surface area contributed by atoms with E-state index in [2.05, 4.69) is 42.0 Å². The molecule has 9 heteroatoms. The zero-order valence-electron chi connectivity index (χ0n) is 10.5. The third-order valence-electron chi connectivity index (χ3n) is 2.29. The molecular weight excluding hydrogens is 344 g/mol. The molecule has 0 radical (unpaired) electrons. The minimum atomic E-state index is -0.308. The molecule has 0 atom stereocenters.